The largest absolute Gasteiger partial charge is 0.212 e. The van der Waals surface area contributed by atoms with Gasteiger partial charge < -0.3 is 0 Å². The molecular formula is C114H108N5+5. The van der Waals surface area contributed by atoms with Gasteiger partial charge in [-0.1, -0.05) is 233 Å². The van der Waals surface area contributed by atoms with Crippen molar-refractivity contribution in [1.29, 1.82) is 0 Å². The van der Waals surface area contributed by atoms with Gasteiger partial charge in [-0.2, -0.15) is 0 Å². The van der Waals surface area contributed by atoms with Crippen molar-refractivity contribution in [1.82, 2.24) is 0 Å². The number of benzene rings is 15. The van der Waals surface area contributed by atoms with Gasteiger partial charge in [-0.15, -0.1) is 0 Å². The molecule has 0 bridgehead atoms. The van der Waals surface area contributed by atoms with E-state index in [1.54, 1.807) is 0 Å². The van der Waals surface area contributed by atoms with E-state index in [0.29, 0.717) is 0 Å². The van der Waals surface area contributed by atoms with Gasteiger partial charge in [0, 0.05) is 87.5 Å². The van der Waals surface area contributed by atoms with Gasteiger partial charge in [-0.25, -0.2) is 22.8 Å². The first kappa shape index (κ1) is 79.5. The Morgan fingerprint density at radius 1 is 0.202 bits per heavy atom. The topological polar surface area (TPSA) is 19.4 Å². The number of aromatic nitrogens is 5. The van der Waals surface area contributed by atoms with E-state index in [1.807, 2.05) is 0 Å². The monoisotopic (exact) mass is 1550 g/mol. The number of hydrogen-bond acceptors (Lipinski definition) is 0. The van der Waals surface area contributed by atoms with E-state index in [0.717, 1.165) is 6.42 Å². The molecule has 0 atom stereocenters. The van der Waals surface area contributed by atoms with Crippen LogP contribution in [0.15, 0.2) is 334 Å². The van der Waals surface area contributed by atoms with Crippen LogP contribution in [-0.2, 0) is 41.7 Å². The highest BCUT2D eigenvalue weighted by molar-refractivity contribution is 6.13. The van der Waals surface area contributed by atoms with Gasteiger partial charge in [0.1, 0.15) is 35.2 Å². The van der Waals surface area contributed by atoms with Crippen LogP contribution < -0.4 is 22.8 Å². The highest BCUT2D eigenvalue weighted by Gasteiger charge is 2.23. The second kappa shape index (κ2) is 33.3. The maximum absolute atomic E-state index is 2.38. The molecule has 0 N–H and O–H groups in total. The summed E-state index contributed by atoms with van der Waals surface area (Å²) in [6.07, 6.45) is 11.9. The molecule has 5 heterocycles. The molecule has 5 heteroatoms. The minimum absolute atomic E-state index is 0.284. The summed E-state index contributed by atoms with van der Waals surface area (Å²) in [6.45, 7) is 26.5. The Kier molecular flexibility index (Phi) is 22.3. The molecule has 5 nitrogen and oxygen atoms in total. The summed E-state index contributed by atoms with van der Waals surface area (Å²) >= 11 is 0. The Morgan fingerprint density at radius 2 is 0.504 bits per heavy atom. The van der Waals surface area contributed by atoms with Crippen LogP contribution in [0.2, 0.25) is 0 Å². The summed E-state index contributed by atoms with van der Waals surface area (Å²) in [7, 11) is 10.6. The number of aryl methyl sites for hydroxylation is 14. The third kappa shape index (κ3) is 16.6. The molecule has 0 saturated heterocycles. The lowest BCUT2D eigenvalue weighted by Crippen LogP contribution is -2.31. The molecule has 0 unspecified atom stereocenters. The van der Waals surface area contributed by atoms with Crippen molar-refractivity contribution in [3.63, 3.8) is 0 Å². The number of pyridine rings is 5. The molecule has 15 aromatic carbocycles. The Morgan fingerprint density at radius 3 is 0.866 bits per heavy atom. The van der Waals surface area contributed by atoms with E-state index in [9.17, 15) is 0 Å². The third-order valence-corrected chi connectivity index (χ3v) is 24.2. The van der Waals surface area contributed by atoms with Crippen molar-refractivity contribution in [3.05, 3.63) is 390 Å². The first-order chi connectivity index (χ1) is 57.4. The fourth-order valence-corrected chi connectivity index (χ4v) is 17.7. The van der Waals surface area contributed by atoms with Crippen molar-refractivity contribution < 1.29 is 22.8 Å². The van der Waals surface area contributed by atoms with Gasteiger partial charge in [0.05, 0.1) is 0 Å². The quantitative estimate of drug-likeness (QED) is 0.117. The molecular weight excluding hydrogens is 1440 g/mol. The maximum atomic E-state index is 2.38. The predicted octanol–water partition coefficient (Wildman–Crippen LogP) is 26.8. The zero-order valence-electron chi connectivity index (χ0n) is 72.2. The molecule has 0 amide bonds. The summed E-state index contributed by atoms with van der Waals surface area (Å²) in [5.41, 5.74) is 26.3. The molecule has 119 heavy (non-hydrogen) atoms. The fraction of sp³-hybridized carbons (Fsp3) is 0.167. The van der Waals surface area contributed by atoms with Gasteiger partial charge in [-0.3, -0.25) is 0 Å². The van der Waals surface area contributed by atoms with E-state index in [4.69, 9.17) is 0 Å². The fourth-order valence-electron chi connectivity index (χ4n) is 17.7. The zero-order chi connectivity index (χ0) is 83.1. The Labute approximate surface area is 702 Å². The number of nitrogens with zero attached hydrogens (tertiary/aromatic N) is 5. The molecule has 584 valence electrons. The molecule has 0 fully saturated rings. The van der Waals surface area contributed by atoms with E-state index in [-0.39, 0.29) is 5.41 Å². The van der Waals surface area contributed by atoms with Crippen LogP contribution in [0.5, 0.6) is 0 Å². The number of hydrogen-bond donors (Lipinski definition) is 0. The molecule has 0 radical (unpaired) electrons. The molecule has 0 saturated carbocycles. The van der Waals surface area contributed by atoms with E-state index >= 15 is 0 Å². The molecule has 20 rings (SSSR count). The molecule has 5 aromatic heterocycles. The molecule has 0 aliphatic heterocycles. The summed E-state index contributed by atoms with van der Waals surface area (Å²) in [5.74, 6) is 0. The van der Waals surface area contributed by atoms with E-state index in [2.05, 4.69) is 475 Å². The normalized spacial score (nSPS) is 11.4. The molecule has 0 aliphatic carbocycles. The Bertz CT molecular complexity index is 7360. The van der Waals surface area contributed by atoms with Gasteiger partial charge in [0.25, 0.3) is 0 Å². The van der Waals surface area contributed by atoms with Crippen LogP contribution in [0.25, 0.3) is 164 Å². The van der Waals surface area contributed by atoms with Crippen LogP contribution >= 0.6 is 0 Å². The summed E-state index contributed by atoms with van der Waals surface area (Å²) in [6, 6.07) is 111. The lowest BCUT2D eigenvalue weighted by atomic mass is 9.87. The van der Waals surface area contributed by atoms with Crippen molar-refractivity contribution >= 4 is 108 Å². The maximum Gasteiger partial charge on any atom is 0.212 e. The smallest absolute Gasteiger partial charge is 0.201 e. The second-order valence-electron chi connectivity index (χ2n) is 34.4. The van der Waals surface area contributed by atoms with Crippen LogP contribution in [0, 0.1) is 67.7 Å². The van der Waals surface area contributed by atoms with E-state index in [1.165, 1.54) is 220 Å². The SMILES string of the molecule is Cc1cc(-c2cc3c(ccc4ccccc43)cc2C)[n+](C)cc1C.Cc1cc2ccc3ccccc3c2cc1-c1cc(CC(C)(C)C)cc[n+]1C.Cc1cc2ccc3ccccc3c2cc1-c1cccc[n+]1C.Cc1cc[n+](C)c(-c2cc3c(ccc4ccccc43)cc2C)c1.Cc1ccc(-c2cc3c(ccc4ccccc43)cc2C)[n+](C)c1. The Balaban J connectivity index is 0.000000111. The van der Waals surface area contributed by atoms with Gasteiger partial charge >= 0.3 is 0 Å². The third-order valence-electron chi connectivity index (χ3n) is 24.2. The zero-order valence-corrected chi connectivity index (χ0v) is 72.2. The minimum Gasteiger partial charge on any atom is -0.201 e. The summed E-state index contributed by atoms with van der Waals surface area (Å²) in [4.78, 5) is 0. The lowest BCUT2D eigenvalue weighted by molar-refractivity contribution is -0.660. The first-order valence-corrected chi connectivity index (χ1v) is 41.8. The van der Waals surface area contributed by atoms with Crippen LogP contribution in [0.1, 0.15) is 76.4 Å². The van der Waals surface area contributed by atoms with Gasteiger partial charge in [0.2, 0.25) is 28.5 Å². The lowest BCUT2D eigenvalue weighted by Gasteiger charge is -2.18. The first-order valence-electron chi connectivity index (χ1n) is 41.8. The van der Waals surface area contributed by atoms with Crippen LogP contribution in [0.3, 0.4) is 0 Å². The summed E-state index contributed by atoms with van der Waals surface area (Å²) in [5, 5.41) is 26.2. The average molecular weight is 1550 g/mol. The average Bonchev–Trinajstić information content (AvgIpc) is 0.784. The highest BCUT2D eigenvalue weighted by atomic mass is 14.9. The predicted molar refractivity (Wildman–Crippen MR) is 506 cm³/mol. The number of rotatable bonds is 6. The second-order valence-corrected chi connectivity index (χ2v) is 34.4. The molecule has 0 spiro atoms. The summed E-state index contributed by atoms with van der Waals surface area (Å²) < 4.78 is 11.1. The van der Waals surface area contributed by atoms with Crippen molar-refractivity contribution in [3.8, 4) is 56.3 Å². The van der Waals surface area contributed by atoms with Gasteiger partial charge in [0.15, 0.2) is 31.0 Å². The molecule has 0 aliphatic rings. The van der Waals surface area contributed by atoms with Crippen molar-refractivity contribution in [2.24, 2.45) is 40.7 Å². The van der Waals surface area contributed by atoms with E-state index < -0.39 is 0 Å². The van der Waals surface area contributed by atoms with Crippen molar-refractivity contribution in [2.75, 3.05) is 0 Å². The van der Waals surface area contributed by atoms with Crippen molar-refractivity contribution in [2.45, 2.75) is 89.5 Å². The van der Waals surface area contributed by atoms with Gasteiger partial charge in [-0.05, 0) is 269 Å². The highest BCUT2D eigenvalue weighted by Crippen LogP contribution is 2.39. The van der Waals surface area contributed by atoms with Crippen LogP contribution in [-0.4, -0.2) is 0 Å². The Hall–Kier alpha value is -13.4. The number of fused-ring (bicyclic) bond motifs is 15. The standard InChI is InChI=1S/C26H28N.C23H22N.2C22H20N.C21H18N/c1-18-14-21-11-10-20-8-6-7-9-22(20)24(21)16-23(18)25-15-19(12-13-27(25)5)17-26(2,3)4;1-15-12-23(24(4)14-17(15)3)21-13-22-19(11-16(21)2)10-9-18-7-5-6-8-20(18)22;1-15-8-11-22(23(3)14-15)20-13-21-18(12-16(20)2)10-9-17-6-4-5-7-19(17)21;1-15-10-11-23(3)22(12-15)20-14-21-18(13-16(20)2)9-8-17-6-4-5-7-19(17)21;1-15-13-17-11-10-16-7-3-4-8-18(16)20(17)14-19(15)21-9-5-6-12-22(21)2/h6-16H,17H2,1-5H3;5-14H,1-4H3;2*4-14H,1-3H3;3-14H,1-2H3/q5*+1. The minimum atomic E-state index is 0.284. The molecule has 20 aromatic rings. The van der Waals surface area contributed by atoms with Crippen LogP contribution in [0.4, 0.5) is 0 Å².